The second-order valence-corrected chi connectivity index (χ2v) is 8.14. The number of nitrogens with zero attached hydrogens (tertiary/aromatic N) is 3. The first-order valence-electron chi connectivity index (χ1n) is 9.45. The van der Waals surface area contributed by atoms with E-state index in [4.69, 9.17) is 11.6 Å². The summed E-state index contributed by atoms with van der Waals surface area (Å²) in [5, 5.41) is 9.82. The number of hydrazone groups is 1. The molecule has 6 nitrogen and oxygen atoms in total. The normalized spacial score (nSPS) is 21.3. The molecule has 1 fully saturated rings. The first-order valence-corrected chi connectivity index (χ1v) is 9.82. The van der Waals surface area contributed by atoms with Crippen molar-refractivity contribution in [1.82, 2.24) is 20.5 Å². The van der Waals surface area contributed by atoms with E-state index >= 15 is 0 Å². The molecule has 0 spiro atoms. The Morgan fingerprint density at radius 3 is 2.47 bits per heavy atom. The first-order chi connectivity index (χ1) is 14.8. The smallest absolute Gasteiger partial charge is 0.349 e. The molecule has 1 saturated carbocycles. The Kier molecular flexibility index (Phi) is 5.18. The summed E-state index contributed by atoms with van der Waals surface area (Å²) in [5.74, 6) is -0.463. The number of hydrogen-bond acceptors (Lipinski definition) is 4. The number of carbonyl (C=O) groups excluding carboxylic acids is 1. The number of benzene rings is 1. The summed E-state index contributed by atoms with van der Waals surface area (Å²) in [6.45, 7) is 0. The fourth-order valence-electron chi connectivity index (χ4n) is 3.49. The van der Waals surface area contributed by atoms with E-state index in [2.05, 4.69) is 15.5 Å². The molecular weight excluding hydrogens is 464 g/mol. The number of aromatic nitrogens is 2. The van der Waals surface area contributed by atoms with E-state index in [9.17, 15) is 31.1 Å². The van der Waals surface area contributed by atoms with Crippen LogP contribution in [0.25, 0.3) is 0 Å². The van der Waals surface area contributed by atoms with Crippen molar-refractivity contribution in [3.63, 3.8) is 0 Å². The lowest BCUT2D eigenvalue weighted by Crippen LogP contribution is -2.51. The minimum absolute atomic E-state index is 0.0401. The van der Waals surface area contributed by atoms with E-state index < -0.39 is 41.6 Å². The molecule has 0 bridgehead atoms. The number of nitrogens with one attached hydrogen (secondary N) is 2. The Hall–Kier alpha value is -2.76. The summed E-state index contributed by atoms with van der Waals surface area (Å²) in [7, 11) is 1.00. The van der Waals surface area contributed by atoms with Crippen LogP contribution in [0.3, 0.4) is 0 Å². The number of amides is 1. The van der Waals surface area contributed by atoms with Crippen LogP contribution in [0.1, 0.15) is 46.6 Å². The largest absolute Gasteiger partial charge is 0.435 e. The maximum absolute atomic E-state index is 14.2. The van der Waals surface area contributed by atoms with Crippen LogP contribution < -0.4 is 10.7 Å². The van der Waals surface area contributed by atoms with Gasteiger partial charge in [0.15, 0.2) is 11.2 Å². The van der Waals surface area contributed by atoms with Gasteiger partial charge in [0.1, 0.15) is 0 Å². The molecule has 2 aliphatic rings. The van der Waals surface area contributed by atoms with Gasteiger partial charge < -0.3 is 5.32 Å². The third-order valence-corrected chi connectivity index (χ3v) is 5.69. The van der Waals surface area contributed by atoms with Gasteiger partial charge >= 0.3 is 12.4 Å². The summed E-state index contributed by atoms with van der Waals surface area (Å²) >= 11 is 6.08. The topological polar surface area (TPSA) is 71.3 Å². The van der Waals surface area contributed by atoms with E-state index in [0.29, 0.717) is 10.7 Å². The van der Waals surface area contributed by atoms with Crippen LogP contribution in [-0.4, -0.2) is 33.6 Å². The van der Waals surface area contributed by atoms with Gasteiger partial charge in [-0.3, -0.25) is 14.9 Å². The number of aryl methyl sites for hydroxylation is 1. The summed E-state index contributed by atoms with van der Waals surface area (Å²) < 4.78 is 82.1. The molecule has 1 unspecified atom stereocenters. The maximum Gasteiger partial charge on any atom is 0.435 e. The Bertz CT molecular complexity index is 1100. The molecule has 0 radical (unpaired) electrons. The van der Waals surface area contributed by atoms with Crippen molar-refractivity contribution in [2.75, 3.05) is 0 Å². The quantitative estimate of drug-likeness (QED) is 0.648. The lowest BCUT2D eigenvalue weighted by molar-refractivity contribution is -0.198. The molecule has 1 aliphatic heterocycles. The van der Waals surface area contributed by atoms with Crippen LogP contribution in [0.5, 0.6) is 0 Å². The molecule has 1 aromatic heterocycles. The second kappa shape index (κ2) is 7.39. The predicted molar refractivity (Wildman–Crippen MR) is 102 cm³/mol. The summed E-state index contributed by atoms with van der Waals surface area (Å²) in [6, 6.07) is 4.47. The number of hydrogen-bond donors (Lipinski definition) is 2. The maximum atomic E-state index is 14.2. The molecule has 4 rings (SSSR count). The van der Waals surface area contributed by atoms with Gasteiger partial charge in [0.05, 0.1) is 22.0 Å². The highest BCUT2D eigenvalue weighted by atomic mass is 35.5. The summed E-state index contributed by atoms with van der Waals surface area (Å²) in [6.07, 6.45) is -9.06. The highest BCUT2D eigenvalue weighted by Crippen LogP contribution is 2.46. The average molecular weight is 480 g/mol. The zero-order valence-electron chi connectivity index (χ0n) is 16.4. The van der Waals surface area contributed by atoms with Crippen LogP contribution in [0.2, 0.25) is 5.02 Å². The third-order valence-electron chi connectivity index (χ3n) is 5.36. The molecular formula is C19H16ClF6N5O. The molecule has 2 heterocycles. The van der Waals surface area contributed by atoms with Gasteiger partial charge in [-0.25, -0.2) is 0 Å². The zero-order valence-corrected chi connectivity index (χ0v) is 17.2. The van der Waals surface area contributed by atoms with Crippen molar-refractivity contribution < 1.29 is 31.1 Å². The van der Waals surface area contributed by atoms with E-state index in [1.165, 1.54) is 18.2 Å². The van der Waals surface area contributed by atoms with Crippen molar-refractivity contribution in [2.45, 2.75) is 43.2 Å². The van der Waals surface area contributed by atoms with Crippen LogP contribution in [0.15, 0.2) is 29.4 Å². The average Bonchev–Trinajstić information content (AvgIpc) is 3.21. The molecule has 32 heavy (non-hydrogen) atoms. The fourth-order valence-corrected chi connectivity index (χ4v) is 3.69. The summed E-state index contributed by atoms with van der Waals surface area (Å²) in [4.78, 5) is 12.4. The molecule has 1 aromatic carbocycles. The lowest BCUT2D eigenvalue weighted by atomic mass is 9.87. The van der Waals surface area contributed by atoms with E-state index in [1.807, 2.05) is 5.43 Å². The monoisotopic (exact) mass is 479 g/mol. The SMILES string of the molecule is Cn1nc(C(F)(F)F)cc1C1(C(F)(F)F)CC(c2ccc(Cl)c(C(=O)NC3CC3)c2)=NN1. The Labute approximate surface area is 182 Å². The van der Waals surface area contributed by atoms with E-state index in [1.54, 1.807) is 0 Å². The van der Waals surface area contributed by atoms with Crippen molar-refractivity contribution in [3.8, 4) is 0 Å². The molecule has 2 N–H and O–H groups in total. The fraction of sp³-hybridized carbons (Fsp3) is 0.421. The minimum Gasteiger partial charge on any atom is -0.349 e. The van der Waals surface area contributed by atoms with Crippen LogP contribution in [0.4, 0.5) is 26.3 Å². The number of carbonyl (C=O) groups is 1. The number of alkyl halides is 6. The molecule has 1 aliphatic carbocycles. The van der Waals surface area contributed by atoms with Crippen LogP contribution in [-0.2, 0) is 18.8 Å². The molecule has 172 valence electrons. The third kappa shape index (κ3) is 3.91. The lowest BCUT2D eigenvalue weighted by Gasteiger charge is -2.31. The molecule has 1 atom stereocenters. The van der Waals surface area contributed by atoms with Gasteiger partial charge in [0.25, 0.3) is 5.91 Å². The Morgan fingerprint density at radius 2 is 1.91 bits per heavy atom. The van der Waals surface area contributed by atoms with Gasteiger partial charge in [-0.15, -0.1) is 0 Å². The van der Waals surface area contributed by atoms with Gasteiger partial charge in [0.2, 0.25) is 0 Å². The molecule has 1 amide bonds. The van der Waals surface area contributed by atoms with Gasteiger partial charge in [-0.2, -0.15) is 36.5 Å². The van der Waals surface area contributed by atoms with E-state index in [-0.39, 0.29) is 27.9 Å². The molecule has 2 aromatic rings. The molecule has 13 heteroatoms. The van der Waals surface area contributed by atoms with Gasteiger partial charge in [-0.05, 0) is 36.6 Å². The Morgan fingerprint density at radius 1 is 1.22 bits per heavy atom. The predicted octanol–water partition coefficient (Wildman–Crippen LogP) is 4.14. The van der Waals surface area contributed by atoms with Crippen molar-refractivity contribution in [1.29, 1.82) is 0 Å². The Balaban J connectivity index is 1.69. The highest BCUT2D eigenvalue weighted by molar-refractivity contribution is 6.34. The van der Waals surface area contributed by atoms with Crippen molar-refractivity contribution in [2.24, 2.45) is 12.1 Å². The summed E-state index contributed by atoms with van der Waals surface area (Å²) in [5.41, 5.74) is -2.95. The highest BCUT2D eigenvalue weighted by Gasteiger charge is 2.61. The van der Waals surface area contributed by atoms with Crippen LogP contribution in [0, 0.1) is 0 Å². The van der Waals surface area contributed by atoms with Crippen molar-refractivity contribution >= 4 is 23.2 Å². The molecule has 0 saturated heterocycles. The van der Waals surface area contributed by atoms with Crippen LogP contribution >= 0.6 is 11.6 Å². The zero-order chi connectivity index (χ0) is 23.5. The number of halogens is 7. The minimum atomic E-state index is -5.01. The standard InChI is InChI=1S/C19H16ClF6N5O/c1-31-15(7-14(29-31)18(21,22)23)17(19(24,25)26)8-13(28-30-17)9-2-5-12(20)11(6-9)16(32)27-10-3-4-10/h2,5-7,10,30H,3-4,8H2,1H3,(H,27,32). The first kappa shape index (κ1) is 22.4. The number of rotatable bonds is 4. The van der Waals surface area contributed by atoms with Gasteiger partial charge in [-0.1, -0.05) is 17.7 Å². The van der Waals surface area contributed by atoms with E-state index in [0.717, 1.165) is 19.9 Å². The van der Waals surface area contributed by atoms with Crippen molar-refractivity contribution in [3.05, 3.63) is 51.8 Å². The second-order valence-electron chi connectivity index (χ2n) is 7.73. The van der Waals surface area contributed by atoms with Gasteiger partial charge in [0, 0.05) is 19.5 Å².